The first kappa shape index (κ1) is 19.0. The molecule has 1 saturated carbocycles. The summed E-state index contributed by atoms with van der Waals surface area (Å²) in [6.45, 7) is -0.0396. The second kappa shape index (κ2) is 8.26. The number of esters is 1. The summed E-state index contributed by atoms with van der Waals surface area (Å²) in [5.74, 6) is -0.202. The van der Waals surface area contributed by atoms with Gasteiger partial charge in [-0.3, -0.25) is 4.79 Å². The Hall–Kier alpha value is -2.81. The minimum absolute atomic E-state index is 0.0396. The van der Waals surface area contributed by atoms with Crippen LogP contribution >= 0.6 is 0 Å². The van der Waals surface area contributed by atoms with Crippen molar-refractivity contribution in [2.45, 2.75) is 37.6 Å². The number of para-hydroxylation sites is 1. The number of benzene rings is 1. The van der Waals surface area contributed by atoms with Crippen molar-refractivity contribution in [3.05, 3.63) is 35.7 Å². The second-order valence-electron chi connectivity index (χ2n) is 6.55. The Kier molecular flexibility index (Phi) is 5.80. The van der Waals surface area contributed by atoms with E-state index in [1.807, 2.05) is 0 Å². The lowest BCUT2D eigenvalue weighted by Crippen LogP contribution is -2.50. The van der Waals surface area contributed by atoms with Crippen LogP contribution in [0.5, 0.6) is 0 Å². The van der Waals surface area contributed by atoms with Crippen LogP contribution < -0.4 is 5.32 Å². The highest BCUT2D eigenvalue weighted by molar-refractivity contribution is 5.93. The average Bonchev–Trinajstić information content (AvgIpc) is 3.18. The molecule has 1 aliphatic rings. The van der Waals surface area contributed by atoms with E-state index in [0.717, 1.165) is 19.3 Å². The van der Waals surface area contributed by atoms with Gasteiger partial charge in [-0.2, -0.15) is 4.68 Å². The molecule has 1 aromatic heterocycles. The molecule has 1 amide bonds. The number of nitrogens with zero attached hydrogens (tertiary/aromatic N) is 4. The van der Waals surface area contributed by atoms with E-state index in [-0.39, 0.29) is 12.5 Å². The molecule has 0 aliphatic heterocycles. The molecule has 144 valence electrons. The number of nitrogens with one attached hydrogen (secondary N) is 1. The molecule has 1 aromatic carbocycles. The molecule has 1 N–H and O–H groups in total. The van der Waals surface area contributed by atoms with Gasteiger partial charge in [-0.05, 0) is 35.4 Å². The third-order valence-electron chi connectivity index (χ3n) is 4.80. The van der Waals surface area contributed by atoms with Crippen LogP contribution in [0.2, 0.25) is 0 Å². The second-order valence-corrected chi connectivity index (χ2v) is 6.55. The van der Waals surface area contributed by atoms with E-state index in [0.29, 0.717) is 29.9 Å². The number of hydrogen-bond acceptors (Lipinski definition) is 7. The molecule has 0 saturated heterocycles. The minimum Gasteiger partial charge on any atom is -0.465 e. The van der Waals surface area contributed by atoms with E-state index in [2.05, 4.69) is 20.8 Å². The van der Waals surface area contributed by atoms with Crippen molar-refractivity contribution in [1.29, 1.82) is 0 Å². The van der Waals surface area contributed by atoms with Crippen LogP contribution in [-0.2, 0) is 19.8 Å². The fourth-order valence-corrected chi connectivity index (χ4v) is 3.58. The van der Waals surface area contributed by atoms with E-state index in [9.17, 15) is 9.59 Å². The van der Waals surface area contributed by atoms with Gasteiger partial charge in [-0.15, -0.1) is 5.10 Å². The number of aromatic nitrogens is 4. The summed E-state index contributed by atoms with van der Waals surface area (Å²) in [6, 6.07) is 6.95. The maximum Gasteiger partial charge on any atom is 0.340 e. The SMILES string of the molecule is COCC(=O)NC1(c2nnnn2-c2ccccc2C(=O)OC)CCCCC1. The highest BCUT2D eigenvalue weighted by Gasteiger charge is 2.41. The average molecular weight is 373 g/mol. The Labute approximate surface area is 157 Å². The van der Waals surface area contributed by atoms with Crippen molar-refractivity contribution in [3.63, 3.8) is 0 Å². The lowest BCUT2D eigenvalue weighted by atomic mass is 9.80. The van der Waals surface area contributed by atoms with Crippen LogP contribution in [0, 0.1) is 0 Å². The van der Waals surface area contributed by atoms with E-state index < -0.39 is 11.5 Å². The number of tetrazole rings is 1. The van der Waals surface area contributed by atoms with E-state index in [1.54, 1.807) is 24.3 Å². The molecule has 1 aliphatic carbocycles. The van der Waals surface area contributed by atoms with Gasteiger partial charge in [0.25, 0.3) is 0 Å². The van der Waals surface area contributed by atoms with E-state index >= 15 is 0 Å². The van der Waals surface area contributed by atoms with Crippen LogP contribution in [0.1, 0.15) is 48.3 Å². The Morgan fingerprint density at radius 2 is 1.93 bits per heavy atom. The molecule has 0 bridgehead atoms. The standard InChI is InChI=1S/C18H23N5O4/c1-26-12-15(24)19-18(10-6-3-7-11-18)17-20-21-22-23(17)14-9-5-4-8-13(14)16(25)27-2/h4-5,8-9H,3,6-7,10-12H2,1-2H3,(H,19,24). The zero-order valence-electron chi connectivity index (χ0n) is 15.5. The summed E-state index contributed by atoms with van der Waals surface area (Å²) in [7, 11) is 2.80. The van der Waals surface area contributed by atoms with E-state index in [1.165, 1.54) is 18.9 Å². The molecule has 1 heterocycles. The lowest BCUT2D eigenvalue weighted by Gasteiger charge is -2.36. The fourth-order valence-electron chi connectivity index (χ4n) is 3.58. The third-order valence-corrected chi connectivity index (χ3v) is 4.80. The van der Waals surface area contributed by atoms with Gasteiger partial charge >= 0.3 is 5.97 Å². The number of amides is 1. The summed E-state index contributed by atoms with van der Waals surface area (Å²) in [6.07, 6.45) is 4.40. The Morgan fingerprint density at radius 1 is 1.19 bits per heavy atom. The van der Waals surface area contributed by atoms with Crippen molar-refractivity contribution in [2.75, 3.05) is 20.8 Å². The van der Waals surface area contributed by atoms with Gasteiger partial charge in [0.2, 0.25) is 5.91 Å². The van der Waals surface area contributed by atoms with Crippen LogP contribution in [0.3, 0.4) is 0 Å². The normalized spacial score (nSPS) is 15.9. The molecule has 27 heavy (non-hydrogen) atoms. The molecular formula is C18H23N5O4. The predicted octanol–water partition coefficient (Wildman–Crippen LogP) is 1.37. The Balaban J connectivity index is 2.06. The van der Waals surface area contributed by atoms with Crippen LogP contribution in [0.4, 0.5) is 0 Å². The van der Waals surface area contributed by atoms with Crippen LogP contribution in [0.25, 0.3) is 5.69 Å². The molecular weight excluding hydrogens is 350 g/mol. The van der Waals surface area contributed by atoms with Crippen molar-refractivity contribution >= 4 is 11.9 Å². The van der Waals surface area contributed by atoms with Gasteiger partial charge in [0.15, 0.2) is 5.82 Å². The number of carbonyl (C=O) groups is 2. The first-order valence-corrected chi connectivity index (χ1v) is 8.88. The topological polar surface area (TPSA) is 108 Å². The van der Waals surface area contributed by atoms with Crippen LogP contribution in [-0.4, -0.2) is 52.9 Å². The first-order chi connectivity index (χ1) is 13.1. The molecule has 0 atom stereocenters. The molecule has 3 rings (SSSR count). The van der Waals surface area contributed by atoms with Gasteiger partial charge in [0.1, 0.15) is 12.1 Å². The van der Waals surface area contributed by atoms with Gasteiger partial charge in [-0.25, -0.2) is 4.79 Å². The molecule has 0 radical (unpaired) electrons. The molecule has 2 aromatic rings. The van der Waals surface area contributed by atoms with Crippen molar-refractivity contribution in [3.8, 4) is 5.69 Å². The quantitative estimate of drug-likeness (QED) is 0.762. The fraction of sp³-hybridized carbons (Fsp3) is 0.500. The van der Waals surface area contributed by atoms with Crippen molar-refractivity contribution in [2.24, 2.45) is 0 Å². The molecule has 1 fully saturated rings. The number of hydrogen-bond donors (Lipinski definition) is 1. The molecule has 0 unspecified atom stereocenters. The van der Waals surface area contributed by atoms with Crippen molar-refractivity contribution in [1.82, 2.24) is 25.5 Å². The summed E-state index contributed by atoms with van der Waals surface area (Å²) < 4.78 is 11.3. The number of methoxy groups -OCH3 is 2. The summed E-state index contributed by atoms with van der Waals surface area (Å²) in [4.78, 5) is 24.5. The van der Waals surface area contributed by atoms with Gasteiger partial charge in [0, 0.05) is 7.11 Å². The largest absolute Gasteiger partial charge is 0.465 e. The Bertz CT molecular complexity index is 814. The lowest BCUT2D eigenvalue weighted by molar-refractivity contribution is -0.127. The molecule has 0 spiro atoms. The van der Waals surface area contributed by atoms with Crippen LogP contribution in [0.15, 0.2) is 24.3 Å². The minimum atomic E-state index is -0.708. The summed E-state index contributed by atoms with van der Waals surface area (Å²) >= 11 is 0. The van der Waals surface area contributed by atoms with Gasteiger partial charge < -0.3 is 14.8 Å². The van der Waals surface area contributed by atoms with Gasteiger partial charge in [0.05, 0.1) is 18.4 Å². The summed E-state index contributed by atoms with van der Waals surface area (Å²) in [5, 5.41) is 15.2. The van der Waals surface area contributed by atoms with Gasteiger partial charge in [-0.1, -0.05) is 31.4 Å². The Morgan fingerprint density at radius 3 is 2.63 bits per heavy atom. The maximum atomic E-state index is 12.3. The third kappa shape index (κ3) is 3.82. The first-order valence-electron chi connectivity index (χ1n) is 8.88. The monoisotopic (exact) mass is 373 g/mol. The highest BCUT2D eigenvalue weighted by Crippen LogP contribution is 2.37. The summed E-state index contributed by atoms with van der Waals surface area (Å²) in [5.41, 5.74) is 0.152. The number of carbonyl (C=O) groups excluding carboxylic acids is 2. The number of rotatable bonds is 6. The maximum absolute atomic E-state index is 12.3. The highest BCUT2D eigenvalue weighted by atomic mass is 16.5. The molecule has 9 nitrogen and oxygen atoms in total. The molecule has 9 heteroatoms. The van der Waals surface area contributed by atoms with E-state index in [4.69, 9.17) is 9.47 Å². The number of ether oxygens (including phenoxy) is 2. The smallest absolute Gasteiger partial charge is 0.340 e. The van der Waals surface area contributed by atoms with Crippen molar-refractivity contribution < 1.29 is 19.1 Å². The predicted molar refractivity (Wildman–Crippen MR) is 95.3 cm³/mol. The zero-order chi connectivity index (χ0) is 19.3. The zero-order valence-corrected chi connectivity index (χ0v) is 15.5.